The Bertz CT molecular complexity index is 428. The first-order valence-electron chi connectivity index (χ1n) is 9.18. The van der Waals surface area contributed by atoms with Gasteiger partial charge in [-0.15, -0.1) is 0 Å². The highest BCUT2D eigenvalue weighted by Crippen LogP contribution is 2.41. The Balaban J connectivity index is 1.63. The van der Waals surface area contributed by atoms with Crippen LogP contribution in [0.15, 0.2) is 0 Å². The van der Waals surface area contributed by atoms with E-state index in [9.17, 15) is 14.7 Å². The van der Waals surface area contributed by atoms with Crippen LogP contribution >= 0.6 is 0 Å². The minimum absolute atomic E-state index is 0.00533. The first-order valence-corrected chi connectivity index (χ1v) is 9.18. The van der Waals surface area contributed by atoms with Crippen LogP contribution in [0.4, 0.5) is 0 Å². The molecule has 0 aromatic heterocycles. The number of hydrogen-bond acceptors (Lipinski definition) is 3. The van der Waals surface area contributed by atoms with Gasteiger partial charge in [-0.05, 0) is 44.4 Å². The van der Waals surface area contributed by atoms with Crippen molar-refractivity contribution in [1.82, 2.24) is 4.90 Å². The maximum absolute atomic E-state index is 12.7. The van der Waals surface area contributed by atoms with Gasteiger partial charge in [0, 0.05) is 6.04 Å². The smallest absolute Gasteiger partial charge is 0.235 e. The third-order valence-electron chi connectivity index (χ3n) is 6.09. The molecule has 3 fully saturated rings. The molecule has 0 radical (unpaired) electrons. The number of likely N-dealkylation sites (tertiary alicyclic amines) is 1. The molecule has 0 bridgehead atoms. The van der Waals surface area contributed by atoms with E-state index in [0.29, 0.717) is 6.42 Å². The molecule has 2 saturated carbocycles. The van der Waals surface area contributed by atoms with E-state index in [1.54, 1.807) is 4.90 Å². The molecule has 3 rings (SSSR count). The van der Waals surface area contributed by atoms with Gasteiger partial charge in [-0.1, -0.05) is 32.6 Å². The molecule has 3 unspecified atom stereocenters. The summed E-state index contributed by atoms with van der Waals surface area (Å²) in [6, 6.07) is 0.0932. The Morgan fingerprint density at radius 3 is 2.41 bits per heavy atom. The van der Waals surface area contributed by atoms with Crippen LogP contribution in [0.5, 0.6) is 0 Å². The van der Waals surface area contributed by atoms with Gasteiger partial charge >= 0.3 is 0 Å². The van der Waals surface area contributed by atoms with Crippen LogP contribution in [0, 0.1) is 17.8 Å². The lowest BCUT2D eigenvalue weighted by atomic mass is 9.79. The molecule has 4 heteroatoms. The van der Waals surface area contributed by atoms with E-state index in [0.717, 1.165) is 44.4 Å². The molecule has 0 spiro atoms. The van der Waals surface area contributed by atoms with E-state index >= 15 is 0 Å². The zero-order chi connectivity index (χ0) is 15.7. The van der Waals surface area contributed by atoms with Gasteiger partial charge in [-0.3, -0.25) is 14.5 Å². The Kier molecular flexibility index (Phi) is 4.86. The minimum Gasteiger partial charge on any atom is -0.392 e. The molecule has 1 N–H and O–H groups in total. The zero-order valence-electron chi connectivity index (χ0n) is 13.7. The Labute approximate surface area is 133 Å². The molecule has 3 atom stereocenters. The number of fused-ring (bicyclic) bond motifs is 1. The van der Waals surface area contributed by atoms with Crippen LogP contribution in [0.2, 0.25) is 0 Å². The van der Waals surface area contributed by atoms with Crippen molar-refractivity contribution in [1.29, 1.82) is 0 Å². The van der Waals surface area contributed by atoms with Crippen LogP contribution in [0.1, 0.15) is 71.1 Å². The maximum atomic E-state index is 12.7. The van der Waals surface area contributed by atoms with Gasteiger partial charge in [-0.25, -0.2) is 0 Å². The quantitative estimate of drug-likeness (QED) is 0.813. The van der Waals surface area contributed by atoms with Gasteiger partial charge in [0.15, 0.2) is 0 Å². The number of aliphatic hydroxyl groups excluding tert-OH is 1. The van der Waals surface area contributed by atoms with Gasteiger partial charge in [0.2, 0.25) is 11.8 Å². The van der Waals surface area contributed by atoms with Crippen molar-refractivity contribution in [2.24, 2.45) is 17.8 Å². The van der Waals surface area contributed by atoms with Crippen LogP contribution in [-0.4, -0.2) is 34.0 Å². The van der Waals surface area contributed by atoms with Crippen molar-refractivity contribution >= 4 is 11.8 Å². The number of carbonyl (C=O) groups excluding carboxylic acids is 2. The molecule has 1 heterocycles. The number of unbranched alkanes of at least 4 members (excludes halogenated alkanes) is 1. The Morgan fingerprint density at radius 2 is 1.77 bits per heavy atom. The number of carbonyl (C=O) groups is 2. The lowest BCUT2D eigenvalue weighted by Gasteiger charge is -2.34. The Hall–Kier alpha value is -0.900. The normalized spacial score (nSPS) is 39.2. The topological polar surface area (TPSA) is 57.6 Å². The predicted molar refractivity (Wildman–Crippen MR) is 84.0 cm³/mol. The number of amides is 2. The first kappa shape index (κ1) is 16.0. The van der Waals surface area contributed by atoms with Crippen molar-refractivity contribution in [3.05, 3.63) is 0 Å². The molecule has 2 amide bonds. The van der Waals surface area contributed by atoms with Crippen LogP contribution < -0.4 is 0 Å². The zero-order valence-corrected chi connectivity index (χ0v) is 13.7. The third-order valence-corrected chi connectivity index (χ3v) is 6.09. The van der Waals surface area contributed by atoms with E-state index in [2.05, 4.69) is 6.92 Å². The van der Waals surface area contributed by atoms with Crippen molar-refractivity contribution in [2.75, 3.05) is 0 Å². The number of hydrogen-bond donors (Lipinski definition) is 1. The second-order valence-corrected chi connectivity index (χ2v) is 7.49. The van der Waals surface area contributed by atoms with Gasteiger partial charge in [0.1, 0.15) is 0 Å². The molecular formula is C18H29NO3. The number of imide groups is 1. The minimum atomic E-state index is -0.610. The molecule has 4 nitrogen and oxygen atoms in total. The van der Waals surface area contributed by atoms with E-state index in [1.807, 2.05) is 0 Å². The summed E-state index contributed by atoms with van der Waals surface area (Å²) in [4.78, 5) is 26.9. The molecule has 1 aliphatic heterocycles. The highest BCUT2D eigenvalue weighted by Gasteiger charge is 2.53. The van der Waals surface area contributed by atoms with Crippen molar-refractivity contribution < 1.29 is 14.7 Å². The van der Waals surface area contributed by atoms with E-state index in [4.69, 9.17) is 0 Å². The van der Waals surface area contributed by atoms with Gasteiger partial charge in [0.05, 0.1) is 17.9 Å². The van der Waals surface area contributed by atoms with E-state index in [1.165, 1.54) is 19.3 Å². The largest absolute Gasteiger partial charge is 0.392 e. The summed E-state index contributed by atoms with van der Waals surface area (Å²) in [6.07, 6.45) is 9.70. The number of aliphatic hydroxyl groups is 1. The number of rotatable bonds is 4. The molecule has 1 saturated heterocycles. The van der Waals surface area contributed by atoms with Crippen molar-refractivity contribution in [3.8, 4) is 0 Å². The summed E-state index contributed by atoms with van der Waals surface area (Å²) in [7, 11) is 0. The predicted octanol–water partition coefficient (Wildman–Crippen LogP) is 2.88. The summed E-state index contributed by atoms with van der Waals surface area (Å²) in [6.45, 7) is 2.22. The van der Waals surface area contributed by atoms with E-state index < -0.39 is 12.0 Å². The summed E-state index contributed by atoms with van der Waals surface area (Å²) in [5.74, 6) is 0.00923. The molecular weight excluding hydrogens is 278 g/mol. The summed E-state index contributed by atoms with van der Waals surface area (Å²) < 4.78 is 0. The highest BCUT2D eigenvalue weighted by atomic mass is 16.3. The first-order chi connectivity index (χ1) is 10.6. The standard InChI is InChI=1S/C18H29NO3/c1-2-3-5-12-8-10-13(11-9-12)19-17(21)14-6-4-7-15(20)16(14)18(19)22/h12-16,20H,2-11H2,1H3. The van der Waals surface area contributed by atoms with Gasteiger partial charge < -0.3 is 5.11 Å². The van der Waals surface area contributed by atoms with Crippen LogP contribution in [0.3, 0.4) is 0 Å². The summed E-state index contributed by atoms with van der Waals surface area (Å²) >= 11 is 0. The van der Waals surface area contributed by atoms with Crippen molar-refractivity contribution in [3.63, 3.8) is 0 Å². The highest BCUT2D eigenvalue weighted by molar-refractivity contribution is 6.05. The molecule has 3 aliphatic rings. The SMILES string of the molecule is CCCCC1CCC(N2C(=O)C3CCCC(O)C3C2=O)CC1. The molecule has 124 valence electrons. The average Bonchev–Trinajstić information content (AvgIpc) is 2.78. The Morgan fingerprint density at radius 1 is 1.05 bits per heavy atom. The molecule has 0 aromatic carbocycles. The monoisotopic (exact) mass is 307 g/mol. The van der Waals surface area contributed by atoms with E-state index in [-0.39, 0.29) is 23.8 Å². The molecule has 2 aliphatic carbocycles. The second kappa shape index (κ2) is 6.69. The summed E-state index contributed by atoms with van der Waals surface area (Å²) in [5.41, 5.74) is 0. The lowest BCUT2D eigenvalue weighted by Crippen LogP contribution is -2.43. The van der Waals surface area contributed by atoms with Crippen LogP contribution in [0.25, 0.3) is 0 Å². The number of nitrogens with zero attached hydrogens (tertiary/aromatic N) is 1. The second-order valence-electron chi connectivity index (χ2n) is 7.49. The van der Waals surface area contributed by atoms with Crippen molar-refractivity contribution in [2.45, 2.75) is 83.3 Å². The maximum Gasteiger partial charge on any atom is 0.235 e. The molecule has 0 aromatic rings. The van der Waals surface area contributed by atoms with Gasteiger partial charge in [0.25, 0.3) is 0 Å². The molecule has 22 heavy (non-hydrogen) atoms. The third kappa shape index (κ3) is 2.82. The average molecular weight is 307 g/mol. The fourth-order valence-electron chi connectivity index (χ4n) is 4.78. The summed E-state index contributed by atoms with van der Waals surface area (Å²) in [5, 5.41) is 10.1. The lowest BCUT2D eigenvalue weighted by molar-refractivity contribution is -0.144. The van der Waals surface area contributed by atoms with Crippen LogP contribution in [-0.2, 0) is 9.59 Å². The van der Waals surface area contributed by atoms with Gasteiger partial charge in [-0.2, -0.15) is 0 Å². The fourth-order valence-corrected chi connectivity index (χ4v) is 4.78. The fraction of sp³-hybridized carbons (Fsp3) is 0.889.